The zero-order valence-electron chi connectivity index (χ0n) is 42.0. The topological polar surface area (TPSA) is 109 Å². The third kappa shape index (κ3) is 25.1. The van der Waals surface area contributed by atoms with Crippen LogP contribution in [-0.2, 0) is 20.2 Å². The Labute approximate surface area is 422 Å². The summed E-state index contributed by atoms with van der Waals surface area (Å²) in [5.41, 5.74) is 9.96. The predicted octanol–water partition coefficient (Wildman–Crippen LogP) is 16.4. The van der Waals surface area contributed by atoms with Crippen LogP contribution in [0.4, 0.5) is 0 Å². The van der Waals surface area contributed by atoms with E-state index in [4.69, 9.17) is 9.11 Å². The van der Waals surface area contributed by atoms with E-state index in [2.05, 4.69) is 216 Å². The van der Waals surface area contributed by atoms with Crippen molar-refractivity contribution in [1.82, 2.24) is 0 Å². The van der Waals surface area contributed by atoms with Gasteiger partial charge in [-0.2, -0.15) is 16.8 Å². The summed E-state index contributed by atoms with van der Waals surface area (Å²) < 4.78 is 51.7. The molecular formula is C62H76O6S2. The fraction of sp³-hybridized carbons (Fsp3) is 0.290. The van der Waals surface area contributed by atoms with Gasteiger partial charge in [0.25, 0.3) is 20.2 Å². The summed E-state index contributed by atoms with van der Waals surface area (Å²) >= 11 is 0. The van der Waals surface area contributed by atoms with Gasteiger partial charge in [0.15, 0.2) is 0 Å². The highest BCUT2D eigenvalue weighted by atomic mass is 32.2. The highest BCUT2D eigenvalue weighted by Gasteiger charge is 2.25. The van der Waals surface area contributed by atoms with Crippen LogP contribution in [0.3, 0.4) is 0 Å². The molecule has 8 heteroatoms. The number of hydrogen-bond acceptors (Lipinski definition) is 4. The molecule has 0 bridgehead atoms. The van der Waals surface area contributed by atoms with Gasteiger partial charge in [-0.25, -0.2) is 0 Å². The first-order valence-electron chi connectivity index (χ1n) is 24.3. The molecule has 0 aliphatic rings. The lowest BCUT2D eigenvalue weighted by molar-refractivity contribution is 0.428. The first-order chi connectivity index (χ1) is 33.5. The molecule has 0 saturated carbocycles. The summed E-state index contributed by atoms with van der Waals surface area (Å²) in [6, 6.07) is 76.3. The Balaban J connectivity index is 0.000000296. The average Bonchev–Trinajstić information content (AvgIpc) is 3.37. The van der Waals surface area contributed by atoms with Crippen molar-refractivity contribution >= 4 is 26.3 Å². The van der Waals surface area contributed by atoms with Crippen LogP contribution in [0.5, 0.6) is 0 Å². The number of benzene rings is 7. The molecular weight excluding hydrogens is 905 g/mol. The van der Waals surface area contributed by atoms with E-state index in [0.717, 1.165) is 0 Å². The molecule has 0 fully saturated rings. The van der Waals surface area contributed by atoms with Gasteiger partial charge in [-0.15, -0.1) is 0 Å². The lowest BCUT2D eigenvalue weighted by Crippen LogP contribution is -2.13. The summed E-state index contributed by atoms with van der Waals surface area (Å²) in [4.78, 5) is 0. The molecule has 0 aliphatic carbocycles. The van der Waals surface area contributed by atoms with Crippen LogP contribution in [0.1, 0.15) is 141 Å². The fourth-order valence-corrected chi connectivity index (χ4v) is 8.68. The van der Waals surface area contributed by atoms with Crippen molar-refractivity contribution in [3.05, 3.63) is 258 Å². The Bertz CT molecular complexity index is 2590. The molecule has 0 amide bonds. The largest absolute Gasteiger partial charge is 0.286 e. The number of rotatable bonds is 17. The first kappa shape index (κ1) is 58.4. The third-order valence-corrected chi connectivity index (χ3v) is 12.3. The molecule has 0 heterocycles. The third-order valence-electron chi connectivity index (χ3n) is 12.3. The second-order valence-electron chi connectivity index (χ2n) is 17.9. The summed E-state index contributed by atoms with van der Waals surface area (Å²) in [5.74, 6) is 3.44. The molecule has 0 unspecified atom stereocenters. The molecule has 7 rings (SSSR count). The fourth-order valence-electron chi connectivity index (χ4n) is 8.68. The Kier molecular flexibility index (Phi) is 26.8. The minimum absolute atomic E-state index is 0.523. The van der Waals surface area contributed by atoms with Gasteiger partial charge in [0.05, 0.1) is 12.5 Å². The zero-order chi connectivity index (χ0) is 51.2. The second kappa shape index (κ2) is 32.1. The van der Waals surface area contributed by atoms with Crippen molar-refractivity contribution in [2.75, 3.05) is 12.5 Å². The van der Waals surface area contributed by atoms with Crippen LogP contribution >= 0.6 is 0 Å². The molecule has 0 saturated heterocycles. The van der Waals surface area contributed by atoms with Crippen LogP contribution in [0.2, 0.25) is 0 Å². The lowest BCUT2D eigenvalue weighted by atomic mass is 9.75. The van der Waals surface area contributed by atoms with Gasteiger partial charge in [0.1, 0.15) is 0 Å². The van der Waals surface area contributed by atoms with Gasteiger partial charge < -0.3 is 0 Å². The molecule has 372 valence electrons. The molecule has 70 heavy (non-hydrogen) atoms. The maximum Gasteiger partial charge on any atom is 0.261 e. The van der Waals surface area contributed by atoms with Crippen molar-refractivity contribution in [2.45, 2.75) is 102 Å². The first-order valence-corrected chi connectivity index (χ1v) is 28.0. The van der Waals surface area contributed by atoms with E-state index in [0.29, 0.717) is 48.0 Å². The van der Waals surface area contributed by atoms with Crippen molar-refractivity contribution in [3.8, 4) is 0 Å². The van der Waals surface area contributed by atoms with E-state index in [-0.39, 0.29) is 0 Å². The standard InChI is InChI=1S/C34H38.C18H22.C8H8.2CH4O3S/c1-3-28(30-18-10-5-11-19-30)25-34(32-22-14-7-15-23-32)26-33(31-20-12-6-13-21-31)24-27(2)29-16-8-4-9-17-29;1-3-16(18-12-8-5-9-13-18)14-15(2)17-10-6-4-7-11-17;1-2-8-6-4-3-5-7-8;2*1-5(2,3)4/h4-23,27-28,33-34H,3,24-26H2,1-2H3;4-13,15-16H,3,14H2,1-2H3;2-7H,1H2;2*1H3,(H,2,3,4)/t27-,28-,33+,34+;15-,16-;;;/m00.../s1. The zero-order valence-corrected chi connectivity index (χ0v) is 43.7. The average molecular weight is 981 g/mol. The molecule has 2 N–H and O–H groups in total. The van der Waals surface area contributed by atoms with Gasteiger partial charge in [0.2, 0.25) is 0 Å². The maximum absolute atomic E-state index is 9.19. The van der Waals surface area contributed by atoms with E-state index in [1.807, 2.05) is 36.4 Å². The minimum atomic E-state index is -3.67. The quantitative estimate of drug-likeness (QED) is 0.0880. The van der Waals surface area contributed by atoms with E-state index >= 15 is 0 Å². The molecule has 0 aromatic heterocycles. The van der Waals surface area contributed by atoms with E-state index in [1.54, 1.807) is 0 Å². The Morgan fingerprint density at radius 1 is 0.371 bits per heavy atom. The molecule has 6 nitrogen and oxygen atoms in total. The van der Waals surface area contributed by atoms with E-state index in [1.165, 1.54) is 77.5 Å². The van der Waals surface area contributed by atoms with Gasteiger partial charge in [-0.3, -0.25) is 9.11 Å². The maximum atomic E-state index is 9.19. The summed E-state index contributed by atoms with van der Waals surface area (Å²) in [6.07, 6.45) is 10.4. The summed E-state index contributed by atoms with van der Waals surface area (Å²) in [5, 5.41) is 0. The van der Waals surface area contributed by atoms with Gasteiger partial charge in [-0.1, -0.05) is 253 Å². The van der Waals surface area contributed by atoms with E-state index < -0.39 is 20.2 Å². The second-order valence-corrected chi connectivity index (χ2v) is 20.8. The molecule has 0 radical (unpaired) electrons. The number of hydrogen-bond donors (Lipinski definition) is 2. The van der Waals surface area contributed by atoms with Gasteiger partial charge in [0, 0.05) is 0 Å². The van der Waals surface area contributed by atoms with Crippen LogP contribution < -0.4 is 0 Å². The SMILES string of the molecule is C=Cc1ccccc1.CC[C@@H](C[C@H](C)c1ccccc1)c1ccccc1.CC[C@@H](C[C@H](C[C@@H](C[C@H](C)c1ccccc1)c1ccccc1)c1ccccc1)c1ccccc1.CS(=O)(=O)O.CS(=O)(=O)O. The van der Waals surface area contributed by atoms with Gasteiger partial charge >= 0.3 is 0 Å². The normalized spacial score (nSPS) is 13.4. The monoisotopic (exact) mass is 981 g/mol. The lowest BCUT2D eigenvalue weighted by Gasteiger charge is -2.29. The van der Waals surface area contributed by atoms with Crippen LogP contribution in [0, 0.1) is 0 Å². The predicted molar refractivity (Wildman–Crippen MR) is 297 cm³/mol. The Morgan fingerprint density at radius 2 is 0.571 bits per heavy atom. The highest BCUT2D eigenvalue weighted by molar-refractivity contribution is 7.85. The highest BCUT2D eigenvalue weighted by Crippen LogP contribution is 2.42. The molecule has 0 spiro atoms. The minimum Gasteiger partial charge on any atom is -0.286 e. The molecule has 6 atom stereocenters. The van der Waals surface area contributed by atoms with Crippen molar-refractivity contribution in [3.63, 3.8) is 0 Å². The van der Waals surface area contributed by atoms with Gasteiger partial charge in [-0.05, 0) is 113 Å². The van der Waals surface area contributed by atoms with Crippen molar-refractivity contribution in [2.24, 2.45) is 0 Å². The van der Waals surface area contributed by atoms with Crippen LogP contribution in [0.15, 0.2) is 219 Å². The van der Waals surface area contributed by atoms with Crippen molar-refractivity contribution in [1.29, 1.82) is 0 Å². The van der Waals surface area contributed by atoms with Crippen LogP contribution in [0.25, 0.3) is 6.08 Å². The Hall–Kier alpha value is -5.90. The molecule has 0 aliphatic heterocycles. The van der Waals surface area contributed by atoms with E-state index in [9.17, 15) is 16.8 Å². The van der Waals surface area contributed by atoms with Crippen molar-refractivity contribution < 1.29 is 25.9 Å². The molecule has 7 aromatic carbocycles. The smallest absolute Gasteiger partial charge is 0.261 e. The molecule has 7 aromatic rings. The Morgan fingerprint density at radius 3 is 0.829 bits per heavy atom. The summed E-state index contributed by atoms with van der Waals surface area (Å²) in [6.45, 7) is 13.0. The van der Waals surface area contributed by atoms with Crippen LogP contribution in [-0.4, -0.2) is 38.5 Å². The summed E-state index contributed by atoms with van der Waals surface area (Å²) in [7, 11) is -7.33.